The van der Waals surface area contributed by atoms with Crippen LogP contribution in [0.5, 0.6) is 0 Å². The number of imidazole rings is 1. The first-order valence-corrected chi connectivity index (χ1v) is 5.25. The van der Waals surface area contributed by atoms with Gasteiger partial charge in [0, 0.05) is 31.0 Å². The molecule has 1 amide bonds. The van der Waals surface area contributed by atoms with E-state index >= 15 is 0 Å². The second-order valence-corrected chi connectivity index (χ2v) is 3.56. The third kappa shape index (κ3) is 3.14. The number of amides is 1. The lowest BCUT2D eigenvalue weighted by Crippen LogP contribution is -2.26. The van der Waals surface area contributed by atoms with E-state index in [-0.39, 0.29) is 11.7 Å². The van der Waals surface area contributed by atoms with Gasteiger partial charge in [-0.15, -0.1) is 0 Å². The molecule has 2 aromatic rings. The summed E-state index contributed by atoms with van der Waals surface area (Å²) in [4.78, 5) is 15.5. The highest BCUT2D eigenvalue weighted by atomic mass is 19.1. The number of benzene rings is 1. The van der Waals surface area contributed by atoms with Gasteiger partial charge < -0.3 is 9.88 Å². The van der Waals surface area contributed by atoms with Crippen molar-refractivity contribution in [1.29, 1.82) is 0 Å². The van der Waals surface area contributed by atoms with Gasteiger partial charge in [0.25, 0.3) is 5.91 Å². The number of carbonyl (C=O) groups is 1. The highest BCUT2D eigenvalue weighted by Gasteiger charge is 2.04. The van der Waals surface area contributed by atoms with Crippen LogP contribution in [0.2, 0.25) is 0 Å². The van der Waals surface area contributed by atoms with Crippen LogP contribution in [0.4, 0.5) is 4.39 Å². The first-order valence-electron chi connectivity index (χ1n) is 5.25. The number of nitrogens with zero attached hydrogens (tertiary/aromatic N) is 2. The van der Waals surface area contributed by atoms with Crippen LogP contribution in [0.3, 0.4) is 0 Å². The van der Waals surface area contributed by atoms with Gasteiger partial charge >= 0.3 is 0 Å². The van der Waals surface area contributed by atoms with Gasteiger partial charge in [-0.25, -0.2) is 9.37 Å². The average Bonchev–Trinajstić information content (AvgIpc) is 2.83. The Bertz CT molecular complexity index is 479. The second-order valence-electron chi connectivity index (χ2n) is 3.56. The minimum Gasteiger partial charge on any atom is -0.350 e. The summed E-state index contributed by atoms with van der Waals surface area (Å²) in [5, 5.41) is 2.75. The standard InChI is InChI=1S/C12H12FN3O/c13-11-3-1-10(2-4-11)12(17)15-6-8-16-7-5-14-9-16/h1-5,7,9H,6,8H2,(H,15,17). The van der Waals surface area contributed by atoms with Gasteiger partial charge in [-0.3, -0.25) is 4.79 Å². The molecule has 1 aromatic carbocycles. The second kappa shape index (κ2) is 5.25. The van der Waals surface area contributed by atoms with Gasteiger partial charge in [-0.05, 0) is 24.3 Å². The Balaban J connectivity index is 1.83. The van der Waals surface area contributed by atoms with Gasteiger partial charge in [-0.2, -0.15) is 0 Å². The average molecular weight is 233 g/mol. The minimum absolute atomic E-state index is 0.204. The van der Waals surface area contributed by atoms with Crippen molar-refractivity contribution in [3.63, 3.8) is 0 Å². The maximum Gasteiger partial charge on any atom is 0.251 e. The number of hydrogen-bond acceptors (Lipinski definition) is 2. The van der Waals surface area contributed by atoms with Crippen LogP contribution in [-0.4, -0.2) is 22.0 Å². The van der Waals surface area contributed by atoms with E-state index in [1.54, 1.807) is 12.5 Å². The first kappa shape index (κ1) is 11.3. The van der Waals surface area contributed by atoms with Crippen LogP contribution in [0.15, 0.2) is 43.0 Å². The molecule has 0 bridgehead atoms. The normalized spacial score (nSPS) is 10.2. The third-order valence-corrected chi connectivity index (χ3v) is 2.32. The summed E-state index contributed by atoms with van der Waals surface area (Å²) in [6.45, 7) is 1.17. The number of carbonyl (C=O) groups excluding carboxylic acids is 1. The van der Waals surface area contributed by atoms with Crippen LogP contribution < -0.4 is 5.32 Å². The van der Waals surface area contributed by atoms with Gasteiger partial charge in [0.1, 0.15) is 5.82 Å². The molecule has 0 fully saturated rings. The van der Waals surface area contributed by atoms with Crippen molar-refractivity contribution in [2.24, 2.45) is 0 Å². The zero-order chi connectivity index (χ0) is 12.1. The van der Waals surface area contributed by atoms with Gasteiger partial charge in [0.2, 0.25) is 0 Å². The van der Waals surface area contributed by atoms with Crippen molar-refractivity contribution in [3.8, 4) is 0 Å². The van der Waals surface area contributed by atoms with Crippen molar-refractivity contribution in [1.82, 2.24) is 14.9 Å². The highest BCUT2D eigenvalue weighted by molar-refractivity contribution is 5.94. The number of halogens is 1. The SMILES string of the molecule is O=C(NCCn1ccnc1)c1ccc(F)cc1. The minimum atomic E-state index is -0.347. The number of rotatable bonds is 4. The summed E-state index contributed by atoms with van der Waals surface area (Å²) >= 11 is 0. The maximum absolute atomic E-state index is 12.6. The molecule has 17 heavy (non-hydrogen) atoms. The monoisotopic (exact) mass is 233 g/mol. The number of nitrogens with one attached hydrogen (secondary N) is 1. The zero-order valence-electron chi connectivity index (χ0n) is 9.14. The summed E-state index contributed by atoms with van der Waals surface area (Å²) in [5.41, 5.74) is 0.456. The van der Waals surface area contributed by atoms with Crippen molar-refractivity contribution in [2.75, 3.05) is 6.54 Å². The number of hydrogen-bond donors (Lipinski definition) is 1. The van der Waals surface area contributed by atoms with Crippen molar-refractivity contribution >= 4 is 5.91 Å². The Morgan fingerprint density at radius 3 is 2.76 bits per heavy atom. The lowest BCUT2D eigenvalue weighted by molar-refractivity contribution is 0.0952. The molecule has 5 heteroatoms. The molecule has 88 valence electrons. The van der Waals surface area contributed by atoms with Crippen LogP contribution in [0, 0.1) is 5.82 Å². The van der Waals surface area contributed by atoms with Gasteiger partial charge in [0.05, 0.1) is 6.33 Å². The fourth-order valence-corrected chi connectivity index (χ4v) is 1.42. The summed E-state index contributed by atoms with van der Waals surface area (Å²) in [6.07, 6.45) is 5.19. The van der Waals surface area contributed by atoms with E-state index in [2.05, 4.69) is 10.3 Å². The van der Waals surface area contributed by atoms with E-state index in [0.29, 0.717) is 18.7 Å². The first-order chi connectivity index (χ1) is 8.25. The Kier molecular flexibility index (Phi) is 3.49. The molecule has 0 aliphatic rings. The van der Waals surface area contributed by atoms with Crippen LogP contribution in [0.1, 0.15) is 10.4 Å². The van der Waals surface area contributed by atoms with Gasteiger partial charge in [-0.1, -0.05) is 0 Å². The Morgan fingerprint density at radius 2 is 2.12 bits per heavy atom. The van der Waals surface area contributed by atoms with Crippen LogP contribution in [-0.2, 0) is 6.54 Å². The summed E-state index contributed by atoms with van der Waals surface area (Å²) in [7, 11) is 0. The van der Waals surface area contributed by atoms with Crippen LogP contribution in [0.25, 0.3) is 0 Å². The molecule has 0 saturated carbocycles. The van der Waals surface area contributed by atoms with Gasteiger partial charge in [0.15, 0.2) is 0 Å². The lowest BCUT2D eigenvalue weighted by Gasteiger charge is -2.05. The van der Waals surface area contributed by atoms with Crippen LogP contribution >= 0.6 is 0 Å². The molecule has 2 rings (SSSR count). The van der Waals surface area contributed by atoms with E-state index in [1.165, 1.54) is 24.3 Å². The topological polar surface area (TPSA) is 46.9 Å². The smallest absolute Gasteiger partial charge is 0.251 e. The summed E-state index contributed by atoms with van der Waals surface area (Å²) < 4.78 is 14.5. The molecule has 0 aliphatic heterocycles. The molecule has 0 atom stereocenters. The molecular formula is C12H12FN3O. The Labute approximate surface area is 98.1 Å². The molecule has 1 heterocycles. The molecule has 0 unspecified atom stereocenters. The third-order valence-electron chi connectivity index (χ3n) is 2.32. The molecule has 1 N–H and O–H groups in total. The maximum atomic E-state index is 12.6. The van der Waals surface area contributed by atoms with E-state index < -0.39 is 0 Å². The highest BCUT2D eigenvalue weighted by Crippen LogP contribution is 2.02. The Hall–Kier alpha value is -2.17. The molecule has 0 saturated heterocycles. The predicted molar refractivity (Wildman–Crippen MR) is 61.0 cm³/mol. The molecule has 0 spiro atoms. The summed E-state index contributed by atoms with van der Waals surface area (Å²) in [5.74, 6) is -0.551. The van der Waals surface area contributed by atoms with E-state index in [0.717, 1.165) is 0 Å². The molecule has 0 radical (unpaired) electrons. The Morgan fingerprint density at radius 1 is 1.35 bits per heavy atom. The molecular weight excluding hydrogens is 221 g/mol. The van der Waals surface area contributed by atoms with E-state index in [4.69, 9.17) is 0 Å². The molecule has 1 aromatic heterocycles. The fraction of sp³-hybridized carbons (Fsp3) is 0.167. The summed E-state index contributed by atoms with van der Waals surface area (Å²) in [6, 6.07) is 5.46. The zero-order valence-corrected chi connectivity index (χ0v) is 9.14. The molecule has 4 nitrogen and oxygen atoms in total. The lowest BCUT2D eigenvalue weighted by atomic mass is 10.2. The van der Waals surface area contributed by atoms with E-state index in [1.807, 2.05) is 10.8 Å². The fourth-order valence-electron chi connectivity index (χ4n) is 1.42. The predicted octanol–water partition coefficient (Wildman–Crippen LogP) is 1.45. The largest absolute Gasteiger partial charge is 0.350 e. The van der Waals surface area contributed by atoms with Crippen molar-refractivity contribution in [2.45, 2.75) is 6.54 Å². The molecule has 0 aliphatic carbocycles. The van der Waals surface area contributed by atoms with Crippen molar-refractivity contribution in [3.05, 3.63) is 54.4 Å². The quantitative estimate of drug-likeness (QED) is 0.868. The number of aromatic nitrogens is 2. The van der Waals surface area contributed by atoms with E-state index in [9.17, 15) is 9.18 Å². The van der Waals surface area contributed by atoms with Crippen molar-refractivity contribution < 1.29 is 9.18 Å².